The van der Waals surface area contributed by atoms with Gasteiger partial charge in [-0.25, -0.2) is 0 Å². The highest BCUT2D eigenvalue weighted by atomic mass is 32.2. The van der Waals surface area contributed by atoms with Gasteiger partial charge in [0.2, 0.25) is 0 Å². The van der Waals surface area contributed by atoms with E-state index in [0.29, 0.717) is 32.7 Å². The first kappa shape index (κ1) is 21.9. The minimum atomic E-state index is -0.338. The molecule has 148 valence electrons. The molecule has 0 atom stereocenters. The van der Waals surface area contributed by atoms with E-state index in [0.717, 1.165) is 19.4 Å². The predicted molar refractivity (Wildman–Crippen MR) is 119 cm³/mol. The van der Waals surface area contributed by atoms with Crippen LogP contribution in [0.2, 0.25) is 0 Å². The van der Waals surface area contributed by atoms with Crippen LogP contribution in [-0.4, -0.2) is 39.8 Å². The molecule has 28 heavy (non-hydrogen) atoms. The number of nitriles is 1. The van der Waals surface area contributed by atoms with Crippen LogP contribution in [-0.2, 0) is 11.8 Å². The van der Waals surface area contributed by atoms with Gasteiger partial charge >= 0.3 is 0 Å². The SMILES string of the molecule is C=CCN1C(=O)C(=Cc2c(C)c(C#N)c(=O)n(C)c2N(C)CCCC)SC1=S. The lowest BCUT2D eigenvalue weighted by atomic mass is 10.0. The molecule has 1 aliphatic rings. The van der Waals surface area contributed by atoms with E-state index in [9.17, 15) is 14.9 Å². The number of nitrogens with zero attached hydrogens (tertiary/aromatic N) is 4. The number of pyridine rings is 1. The third-order valence-corrected chi connectivity index (χ3v) is 6.02. The Kier molecular flexibility index (Phi) is 7.22. The zero-order chi connectivity index (χ0) is 21.0. The summed E-state index contributed by atoms with van der Waals surface area (Å²) < 4.78 is 1.96. The Labute approximate surface area is 175 Å². The maximum Gasteiger partial charge on any atom is 0.270 e. The van der Waals surface area contributed by atoms with E-state index in [-0.39, 0.29) is 17.0 Å². The fraction of sp³-hybridized carbons (Fsp3) is 0.400. The normalized spacial score (nSPS) is 15.2. The van der Waals surface area contributed by atoms with Gasteiger partial charge in [-0.2, -0.15) is 5.26 Å². The summed E-state index contributed by atoms with van der Waals surface area (Å²) in [5.74, 6) is 0.493. The second kappa shape index (κ2) is 9.22. The summed E-state index contributed by atoms with van der Waals surface area (Å²) in [6.07, 6.45) is 5.35. The number of thioether (sulfide) groups is 1. The van der Waals surface area contributed by atoms with Crippen molar-refractivity contribution in [3.05, 3.63) is 44.6 Å². The summed E-state index contributed by atoms with van der Waals surface area (Å²) in [6.45, 7) is 8.61. The summed E-state index contributed by atoms with van der Waals surface area (Å²) in [4.78, 5) is 29.3. The van der Waals surface area contributed by atoms with Crippen molar-refractivity contribution in [2.75, 3.05) is 25.0 Å². The van der Waals surface area contributed by atoms with E-state index in [1.807, 2.05) is 18.0 Å². The molecule has 0 radical (unpaired) electrons. The topological polar surface area (TPSA) is 69.3 Å². The monoisotopic (exact) mass is 416 g/mol. The summed E-state index contributed by atoms with van der Waals surface area (Å²) >= 11 is 6.53. The third-order valence-electron chi connectivity index (χ3n) is 4.64. The van der Waals surface area contributed by atoms with Crippen LogP contribution in [0.4, 0.5) is 5.82 Å². The molecule has 1 aromatic heterocycles. The van der Waals surface area contributed by atoms with Gasteiger partial charge in [-0.1, -0.05) is 43.4 Å². The number of carbonyl (C=O) groups excluding carboxylic acids is 1. The van der Waals surface area contributed by atoms with Gasteiger partial charge in [0.05, 0.1) is 4.91 Å². The lowest BCUT2D eigenvalue weighted by molar-refractivity contribution is -0.121. The molecule has 0 bridgehead atoms. The predicted octanol–water partition coefficient (Wildman–Crippen LogP) is 3.19. The largest absolute Gasteiger partial charge is 0.360 e. The van der Waals surface area contributed by atoms with Gasteiger partial charge in [-0.3, -0.25) is 19.1 Å². The van der Waals surface area contributed by atoms with Crippen LogP contribution in [0.25, 0.3) is 6.08 Å². The Hall–Kier alpha value is -2.37. The quantitative estimate of drug-likeness (QED) is 0.386. The number of hydrogen-bond acceptors (Lipinski definition) is 6. The van der Waals surface area contributed by atoms with Gasteiger partial charge in [0.1, 0.15) is 21.8 Å². The third kappa shape index (κ3) is 4.05. The molecule has 1 aromatic rings. The number of aromatic nitrogens is 1. The summed E-state index contributed by atoms with van der Waals surface area (Å²) in [5, 5.41) is 9.48. The van der Waals surface area contributed by atoms with Crippen LogP contribution in [0, 0.1) is 18.3 Å². The van der Waals surface area contributed by atoms with Crippen LogP contribution in [0.1, 0.15) is 36.5 Å². The molecule has 0 spiro atoms. The molecule has 0 aliphatic carbocycles. The van der Waals surface area contributed by atoms with E-state index in [2.05, 4.69) is 13.5 Å². The standard InChI is InChI=1S/C20H24N4O2S2/c1-6-8-10-22(4)17-14(13(3)15(12-21)18(25)23(17)5)11-16-19(26)24(9-7-2)20(27)28-16/h7,11H,2,6,8-10H2,1,3-5H3. The molecule has 0 aromatic carbocycles. The Bertz CT molecular complexity index is 956. The minimum absolute atomic E-state index is 0.0861. The van der Waals surface area contributed by atoms with Gasteiger partial charge in [0.25, 0.3) is 11.5 Å². The number of carbonyl (C=O) groups is 1. The lowest BCUT2D eigenvalue weighted by Gasteiger charge is -2.25. The number of rotatable bonds is 7. The molecule has 1 fully saturated rings. The Morgan fingerprint density at radius 1 is 1.39 bits per heavy atom. The molecular weight excluding hydrogens is 392 g/mol. The average molecular weight is 417 g/mol. The van der Waals surface area contributed by atoms with Crippen molar-refractivity contribution in [1.29, 1.82) is 5.26 Å². The lowest BCUT2D eigenvalue weighted by Crippen LogP contribution is -2.31. The summed E-state index contributed by atoms with van der Waals surface area (Å²) in [6, 6.07) is 2.01. The van der Waals surface area contributed by atoms with Crippen molar-refractivity contribution < 1.29 is 4.79 Å². The van der Waals surface area contributed by atoms with E-state index in [4.69, 9.17) is 12.2 Å². The molecule has 0 N–H and O–H groups in total. The van der Waals surface area contributed by atoms with E-state index < -0.39 is 0 Å². The van der Waals surface area contributed by atoms with Crippen molar-refractivity contribution in [2.24, 2.45) is 7.05 Å². The van der Waals surface area contributed by atoms with Crippen molar-refractivity contribution >= 4 is 46.1 Å². The van der Waals surface area contributed by atoms with E-state index in [1.54, 1.807) is 26.1 Å². The molecule has 0 saturated carbocycles. The smallest absolute Gasteiger partial charge is 0.270 e. The van der Waals surface area contributed by atoms with Crippen molar-refractivity contribution in [3.8, 4) is 6.07 Å². The number of hydrogen-bond donors (Lipinski definition) is 0. The highest BCUT2D eigenvalue weighted by Gasteiger charge is 2.32. The van der Waals surface area contributed by atoms with Crippen molar-refractivity contribution in [2.45, 2.75) is 26.7 Å². The zero-order valence-corrected chi connectivity index (χ0v) is 18.2. The maximum absolute atomic E-state index is 12.7. The van der Waals surface area contributed by atoms with Crippen LogP contribution in [0.5, 0.6) is 0 Å². The molecular formula is C20H24N4O2S2. The first-order valence-corrected chi connectivity index (χ1v) is 10.2. The van der Waals surface area contributed by atoms with Gasteiger partial charge in [0.15, 0.2) is 0 Å². The molecule has 8 heteroatoms. The van der Waals surface area contributed by atoms with Crippen molar-refractivity contribution in [1.82, 2.24) is 9.47 Å². The molecule has 2 rings (SSSR count). The fourth-order valence-electron chi connectivity index (χ4n) is 3.09. The van der Waals surface area contributed by atoms with Gasteiger partial charge < -0.3 is 4.90 Å². The fourth-order valence-corrected chi connectivity index (χ4v) is 4.35. The highest BCUT2D eigenvalue weighted by Crippen LogP contribution is 2.35. The molecule has 0 unspecified atom stereocenters. The van der Waals surface area contributed by atoms with E-state index in [1.165, 1.54) is 21.2 Å². The number of amides is 1. The number of thiocarbonyl (C=S) groups is 1. The summed E-state index contributed by atoms with van der Waals surface area (Å²) in [5.41, 5.74) is 1.01. The second-order valence-corrected chi connectivity index (χ2v) is 8.25. The molecule has 6 nitrogen and oxygen atoms in total. The van der Waals surface area contributed by atoms with Crippen LogP contribution >= 0.6 is 24.0 Å². The molecule has 1 aliphatic heterocycles. The Morgan fingerprint density at radius 3 is 2.64 bits per heavy atom. The van der Waals surface area contributed by atoms with Gasteiger partial charge in [-0.15, -0.1) is 6.58 Å². The van der Waals surface area contributed by atoms with Gasteiger partial charge in [-0.05, 0) is 25.0 Å². The first-order chi connectivity index (χ1) is 13.3. The van der Waals surface area contributed by atoms with Crippen LogP contribution in [0.3, 0.4) is 0 Å². The van der Waals surface area contributed by atoms with E-state index >= 15 is 0 Å². The number of anilines is 1. The summed E-state index contributed by atoms with van der Waals surface area (Å²) in [7, 11) is 3.57. The minimum Gasteiger partial charge on any atom is -0.360 e. The number of unbranched alkanes of at least 4 members (excludes halogenated alkanes) is 1. The maximum atomic E-state index is 12.7. The molecule has 1 saturated heterocycles. The molecule has 2 heterocycles. The first-order valence-electron chi connectivity index (χ1n) is 8.99. The average Bonchev–Trinajstić information content (AvgIpc) is 2.92. The van der Waals surface area contributed by atoms with Gasteiger partial charge in [0, 0.05) is 32.7 Å². The zero-order valence-electron chi connectivity index (χ0n) is 16.6. The van der Waals surface area contributed by atoms with Crippen molar-refractivity contribution in [3.63, 3.8) is 0 Å². The Balaban J connectivity index is 2.69. The van der Waals surface area contributed by atoms with Crippen LogP contribution < -0.4 is 10.5 Å². The molecule has 1 amide bonds. The van der Waals surface area contributed by atoms with Crippen LogP contribution in [0.15, 0.2) is 22.4 Å². The highest BCUT2D eigenvalue weighted by molar-refractivity contribution is 8.26. The second-order valence-electron chi connectivity index (χ2n) is 6.57. The Morgan fingerprint density at radius 2 is 2.07 bits per heavy atom.